The Morgan fingerprint density at radius 2 is 1.86 bits per heavy atom. The standard InChI is InChI=1S/C20H14N4O3S2.C2HF3O2/c21-8-11-27-18-4-2-1-3-17(18)19-16-6-5-15(13-14(16)7-9-22-19)29(25,26)24-20-23-10-12-28-20;3-2(4,5)1(6)7/h1-7,9-10,12-13H,11H2,(H,23,24);(H,6,7). The van der Waals surface area contributed by atoms with E-state index in [4.69, 9.17) is 19.9 Å². The van der Waals surface area contributed by atoms with Crippen molar-refractivity contribution in [2.24, 2.45) is 0 Å². The van der Waals surface area contributed by atoms with Crippen molar-refractivity contribution >= 4 is 43.2 Å². The van der Waals surface area contributed by atoms with E-state index < -0.39 is 22.2 Å². The van der Waals surface area contributed by atoms with Gasteiger partial charge in [-0.3, -0.25) is 9.71 Å². The molecule has 4 aromatic rings. The minimum absolute atomic E-state index is 0.0768. The predicted molar refractivity (Wildman–Crippen MR) is 125 cm³/mol. The first-order chi connectivity index (χ1) is 17.0. The fraction of sp³-hybridized carbons (Fsp3) is 0.0909. The maximum absolute atomic E-state index is 12.7. The van der Waals surface area contributed by atoms with Gasteiger partial charge in [0.05, 0.1) is 10.6 Å². The highest BCUT2D eigenvalue weighted by Gasteiger charge is 2.38. The first-order valence-corrected chi connectivity index (χ1v) is 12.1. The number of carboxylic acids is 1. The average Bonchev–Trinajstić information content (AvgIpc) is 3.34. The van der Waals surface area contributed by atoms with Gasteiger partial charge in [-0.2, -0.15) is 18.4 Å². The number of sulfonamides is 1. The maximum atomic E-state index is 12.7. The molecule has 0 spiro atoms. The molecule has 4 rings (SSSR count). The number of carbonyl (C=O) groups is 1. The SMILES string of the molecule is N#CCOc1ccccc1-c1nccc2cc(S(=O)(=O)Nc3nccs3)ccc12.O=C(O)C(F)(F)F. The molecule has 0 radical (unpaired) electrons. The van der Waals surface area contributed by atoms with E-state index in [1.54, 1.807) is 35.8 Å². The van der Waals surface area contributed by atoms with E-state index in [-0.39, 0.29) is 11.5 Å². The number of aliphatic carboxylic acids is 1. The summed E-state index contributed by atoms with van der Waals surface area (Å²) in [7, 11) is -3.76. The van der Waals surface area contributed by atoms with E-state index in [0.29, 0.717) is 22.0 Å². The van der Waals surface area contributed by atoms with Gasteiger partial charge < -0.3 is 9.84 Å². The van der Waals surface area contributed by atoms with Crippen LogP contribution in [0.5, 0.6) is 5.75 Å². The van der Waals surface area contributed by atoms with Gasteiger partial charge in [0.25, 0.3) is 10.0 Å². The number of hydrogen-bond acceptors (Lipinski definition) is 8. The molecule has 0 saturated heterocycles. The van der Waals surface area contributed by atoms with Crippen molar-refractivity contribution in [3.8, 4) is 23.1 Å². The minimum Gasteiger partial charge on any atom is -0.478 e. The second kappa shape index (κ2) is 11.0. The van der Waals surface area contributed by atoms with E-state index in [0.717, 1.165) is 10.9 Å². The van der Waals surface area contributed by atoms with E-state index in [2.05, 4.69) is 14.7 Å². The molecular weight excluding hydrogens is 521 g/mol. The minimum atomic E-state index is -5.08. The number of alkyl halides is 3. The van der Waals surface area contributed by atoms with Crippen molar-refractivity contribution in [3.63, 3.8) is 0 Å². The molecule has 2 N–H and O–H groups in total. The van der Waals surface area contributed by atoms with Crippen LogP contribution in [0.2, 0.25) is 0 Å². The lowest BCUT2D eigenvalue weighted by molar-refractivity contribution is -0.192. The van der Waals surface area contributed by atoms with Crippen molar-refractivity contribution in [3.05, 3.63) is 66.3 Å². The Labute approximate surface area is 206 Å². The van der Waals surface area contributed by atoms with Crippen molar-refractivity contribution in [1.29, 1.82) is 5.26 Å². The highest BCUT2D eigenvalue weighted by atomic mass is 32.2. The highest BCUT2D eigenvalue weighted by molar-refractivity contribution is 7.93. The first-order valence-electron chi connectivity index (χ1n) is 9.73. The summed E-state index contributed by atoms with van der Waals surface area (Å²) in [6, 6.07) is 15.8. The topological polar surface area (TPSA) is 142 Å². The molecule has 2 aromatic carbocycles. The van der Waals surface area contributed by atoms with Gasteiger partial charge in [0.1, 0.15) is 11.8 Å². The van der Waals surface area contributed by atoms with Gasteiger partial charge in [-0.25, -0.2) is 18.2 Å². The zero-order chi connectivity index (χ0) is 26.3. The molecule has 2 aromatic heterocycles. The molecule has 9 nitrogen and oxygen atoms in total. The molecule has 0 bridgehead atoms. The summed E-state index contributed by atoms with van der Waals surface area (Å²) in [5.74, 6) is -2.22. The summed E-state index contributed by atoms with van der Waals surface area (Å²) in [6.45, 7) is -0.0768. The Morgan fingerprint density at radius 1 is 1.14 bits per heavy atom. The Morgan fingerprint density at radius 3 is 2.50 bits per heavy atom. The second-order valence-electron chi connectivity index (χ2n) is 6.73. The van der Waals surface area contributed by atoms with E-state index in [9.17, 15) is 21.6 Å². The number of nitrogens with one attached hydrogen (secondary N) is 1. The smallest absolute Gasteiger partial charge is 0.478 e. The third kappa shape index (κ3) is 6.46. The summed E-state index contributed by atoms with van der Waals surface area (Å²) in [5.41, 5.74) is 1.37. The van der Waals surface area contributed by atoms with Crippen LogP contribution in [-0.4, -0.2) is 42.2 Å². The van der Waals surface area contributed by atoms with Gasteiger partial charge in [0.15, 0.2) is 11.7 Å². The van der Waals surface area contributed by atoms with Crippen molar-refractivity contribution < 1.29 is 36.2 Å². The van der Waals surface area contributed by atoms with Crippen LogP contribution in [0, 0.1) is 11.3 Å². The zero-order valence-electron chi connectivity index (χ0n) is 17.9. The average molecular weight is 537 g/mol. The molecule has 0 amide bonds. The summed E-state index contributed by atoms with van der Waals surface area (Å²) >= 11 is 1.21. The lowest BCUT2D eigenvalue weighted by Crippen LogP contribution is -2.21. The molecule has 36 heavy (non-hydrogen) atoms. The lowest BCUT2D eigenvalue weighted by atomic mass is 10.0. The van der Waals surface area contributed by atoms with Crippen molar-refractivity contribution in [2.45, 2.75) is 11.1 Å². The van der Waals surface area contributed by atoms with Gasteiger partial charge in [-0.1, -0.05) is 18.2 Å². The Balaban J connectivity index is 0.000000454. The van der Waals surface area contributed by atoms with Gasteiger partial charge in [-0.15, -0.1) is 11.3 Å². The number of carboxylic acid groups (broad SMARTS) is 1. The largest absolute Gasteiger partial charge is 0.490 e. The molecule has 186 valence electrons. The van der Waals surface area contributed by atoms with Gasteiger partial charge in [-0.05, 0) is 35.7 Å². The summed E-state index contributed by atoms with van der Waals surface area (Å²) in [4.78, 5) is 17.4. The van der Waals surface area contributed by atoms with Crippen LogP contribution in [-0.2, 0) is 14.8 Å². The fourth-order valence-electron chi connectivity index (χ4n) is 2.88. The van der Waals surface area contributed by atoms with Gasteiger partial charge >= 0.3 is 12.1 Å². The predicted octanol–water partition coefficient (Wildman–Crippen LogP) is 4.69. The number of rotatable bonds is 6. The number of nitriles is 1. The number of para-hydroxylation sites is 1. The Bertz CT molecular complexity index is 1520. The molecule has 0 aliphatic rings. The first kappa shape index (κ1) is 26.4. The number of benzene rings is 2. The number of ether oxygens (including phenoxy) is 1. The van der Waals surface area contributed by atoms with Crippen LogP contribution < -0.4 is 9.46 Å². The van der Waals surface area contributed by atoms with Crippen LogP contribution in [0.15, 0.2) is 71.2 Å². The molecule has 0 saturated carbocycles. The van der Waals surface area contributed by atoms with Gasteiger partial charge in [0.2, 0.25) is 0 Å². The summed E-state index contributed by atoms with van der Waals surface area (Å²) in [5, 5.41) is 19.4. The number of anilines is 1. The number of aromatic nitrogens is 2. The highest BCUT2D eigenvalue weighted by Crippen LogP contribution is 2.34. The number of pyridine rings is 1. The zero-order valence-corrected chi connectivity index (χ0v) is 19.6. The summed E-state index contributed by atoms with van der Waals surface area (Å²) in [6.07, 6.45) is -1.93. The molecule has 0 fully saturated rings. The van der Waals surface area contributed by atoms with Crippen LogP contribution in [0.1, 0.15) is 0 Å². The van der Waals surface area contributed by atoms with Crippen LogP contribution in [0.25, 0.3) is 22.0 Å². The number of nitrogens with zero attached hydrogens (tertiary/aromatic N) is 3. The monoisotopic (exact) mass is 536 g/mol. The third-order valence-corrected chi connectivity index (χ3v) is 6.53. The fourth-order valence-corrected chi connectivity index (χ4v) is 4.71. The second-order valence-corrected chi connectivity index (χ2v) is 9.31. The molecule has 2 heterocycles. The van der Waals surface area contributed by atoms with E-state index in [1.807, 2.05) is 24.3 Å². The van der Waals surface area contributed by atoms with Gasteiger partial charge in [0, 0.05) is 28.7 Å². The number of thiazole rings is 1. The molecule has 0 atom stereocenters. The Kier molecular flexibility index (Phi) is 8.07. The van der Waals surface area contributed by atoms with Crippen LogP contribution >= 0.6 is 11.3 Å². The maximum Gasteiger partial charge on any atom is 0.490 e. The third-order valence-electron chi connectivity index (χ3n) is 4.38. The molecule has 0 aliphatic heterocycles. The number of halogens is 3. The lowest BCUT2D eigenvalue weighted by Gasteiger charge is -2.12. The molecular formula is C22H15F3N4O5S2. The van der Waals surface area contributed by atoms with E-state index in [1.165, 1.54) is 23.6 Å². The van der Waals surface area contributed by atoms with E-state index >= 15 is 0 Å². The normalized spacial score (nSPS) is 11.2. The molecule has 0 unspecified atom stereocenters. The van der Waals surface area contributed by atoms with Crippen LogP contribution in [0.3, 0.4) is 0 Å². The Hall–Kier alpha value is -4.22. The van der Waals surface area contributed by atoms with Crippen molar-refractivity contribution in [1.82, 2.24) is 9.97 Å². The molecule has 0 aliphatic carbocycles. The quantitative estimate of drug-likeness (QED) is 0.361. The number of fused-ring (bicyclic) bond motifs is 1. The number of hydrogen-bond donors (Lipinski definition) is 2. The van der Waals surface area contributed by atoms with Crippen LogP contribution in [0.4, 0.5) is 18.3 Å². The molecule has 14 heteroatoms. The summed E-state index contributed by atoms with van der Waals surface area (Å²) < 4.78 is 65.0. The van der Waals surface area contributed by atoms with Crippen molar-refractivity contribution in [2.75, 3.05) is 11.3 Å².